The third kappa shape index (κ3) is 1.02. The number of nitrogens with two attached hydrogens (primary N) is 1. The monoisotopic (exact) mass is 126 g/mol. The quantitative estimate of drug-likeness (QED) is 0.247. The minimum absolute atomic E-state index is 0.0139. The summed E-state index contributed by atoms with van der Waals surface area (Å²) in [6.45, 7) is 0. The third-order valence-corrected chi connectivity index (χ3v) is 0.881. The fourth-order valence-electron chi connectivity index (χ4n) is 0.474. The molecule has 0 atom stereocenters. The van der Waals surface area contributed by atoms with Crippen molar-refractivity contribution in [1.82, 2.24) is 0 Å². The zero-order valence-electron chi connectivity index (χ0n) is 4.61. The van der Waals surface area contributed by atoms with E-state index in [9.17, 15) is 0 Å². The van der Waals surface area contributed by atoms with Crippen LogP contribution in [0.25, 0.3) is 0 Å². The number of hydrogen-bond donors (Lipinski definition) is 2. The fourth-order valence-corrected chi connectivity index (χ4v) is 0.474. The Balaban J connectivity index is 2.90. The number of amidine groups is 1. The standard InChI is InChI=1S/C5H6N2O2/c6-5(7-8)4-2-1-3-9-4/h1-3,8H,(H2,6,7). The summed E-state index contributed by atoms with van der Waals surface area (Å²) in [7, 11) is 0. The van der Waals surface area contributed by atoms with E-state index in [1.165, 1.54) is 6.26 Å². The largest absolute Gasteiger partial charge is 0.461 e. The van der Waals surface area contributed by atoms with Gasteiger partial charge in [0.25, 0.3) is 0 Å². The second-order valence-corrected chi connectivity index (χ2v) is 1.46. The van der Waals surface area contributed by atoms with Gasteiger partial charge < -0.3 is 15.4 Å². The van der Waals surface area contributed by atoms with Gasteiger partial charge in [-0.25, -0.2) is 0 Å². The van der Waals surface area contributed by atoms with Crippen LogP contribution in [0.1, 0.15) is 5.76 Å². The first-order valence-corrected chi connectivity index (χ1v) is 2.36. The van der Waals surface area contributed by atoms with Crippen LogP contribution in [0.4, 0.5) is 0 Å². The van der Waals surface area contributed by atoms with Gasteiger partial charge in [-0.1, -0.05) is 5.16 Å². The molecular formula is C5H6N2O2. The summed E-state index contributed by atoms with van der Waals surface area (Å²) in [4.78, 5) is 0. The highest BCUT2D eigenvalue weighted by molar-refractivity contribution is 5.94. The Morgan fingerprint density at radius 2 is 2.56 bits per heavy atom. The first-order chi connectivity index (χ1) is 4.34. The summed E-state index contributed by atoms with van der Waals surface area (Å²) >= 11 is 0. The van der Waals surface area contributed by atoms with Crippen LogP contribution in [-0.2, 0) is 0 Å². The molecule has 0 unspecified atom stereocenters. The normalized spacial score (nSPS) is 11.8. The highest BCUT2D eigenvalue weighted by atomic mass is 16.4. The summed E-state index contributed by atoms with van der Waals surface area (Å²) < 4.78 is 4.77. The number of furan rings is 1. The zero-order valence-corrected chi connectivity index (χ0v) is 4.61. The lowest BCUT2D eigenvalue weighted by molar-refractivity contribution is 0.317. The van der Waals surface area contributed by atoms with Crippen molar-refractivity contribution in [3.05, 3.63) is 24.2 Å². The van der Waals surface area contributed by atoms with Gasteiger partial charge >= 0.3 is 0 Å². The lowest BCUT2D eigenvalue weighted by Crippen LogP contribution is -2.11. The number of oxime groups is 1. The van der Waals surface area contributed by atoms with Crippen LogP contribution in [0.2, 0.25) is 0 Å². The lowest BCUT2D eigenvalue weighted by Gasteiger charge is -1.87. The van der Waals surface area contributed by atoms with E-state index in [0.717, 1.165) is 0 Å². The Bertz CT molecular complexity index is 203. The maximum atomic E-state index is 8.11. The van der Waals surface area contributed by atoms with Crippen molar-refractivity contribution in [2.75, 3.05) is 0 Å². The van der Waals surface area contributed by atoms with Gasteiger partial charge in [0.2, 0.25) is 5.84 Å². The molecule has 4 nitrogen and oxygen atoms in total. The van der Waals surface area contributed by atoms with Crippen LogP contribution in [0.3, 0.4) is 0 Å². The highest BCUT2D eigenvalue weighted by Gasteiger charge is 1.98. The van der Waals surface area contributed by atoms with Crippen LogP contribution in [0.15, 0.2) is 28.0 Å². The van der Waals surface area contributed by atoms with Gasteiger partial charge in [-0.05, 0) is 12.1 Å². The van der Waals surface area contributed by atoms with Gasteiger partial charge in [-0.3, -0.25) is 0 Å². The molecule has 0 aliphatic heterocycles. The van der Waals surface area contributed by atoms with E-state index in [0.29, 0.717) is 5.76 Å². The van der Waals surface area contributed by atoms with Crippen molar-refractivity contribution >= 4 is 5.84 Å². The average Bonchev–Trinajstić information content (AvgIpc) is 2.37. The predicted octanol–water partition coefficient (Wildman–Crippen LogP) is 0.374. The first-order valence-electron chi connectivity index (χ1n) is 2.36. The first kappa shape index (κ1) is 5.68. The molecule has 0 bridgehead atoms. The summed E-state index contributed by atoms with van der Waals surface area (Å²) in [5.74, 6) is 0.359. The Kier molecular flexibility index (Phi) is 1.40. The molecule has 0 saturated heterocycles. The molecule has 0 spiro atoms. The summed E-state index contributed by atoms with van der Waals surface area (Å²) in [5, 5.41) is 10.8. The van der Waals surface area contributed by atoms with E-state index in [2.05, 4.69) is 5.16 Å². The number of rotatable bonds is 1. The van der Waals surface area contributed by atoms with Crippen LogP contribution >= 0.6 is 0 Å². The molecule has 48 valence electrons. The van der Waals surface area contributed by atoms with Gasteiger partial charge in [-0.15, -0.1) is 0 Å². The molecule has 0 aliphatic rings. The molecule has 0 saturated carbocycles. The number of hydrogen-bond acceptors (Lipinski definition) is 3. The smallest absolute Gasteiger partial charge is 0.205 e. The van der Waals surface area contributed by atoms with Crippen molar-refractivity contribution < 1.29 is 9.62 Å². The fraction of sp³-hybridized carbons (Fsp3) is 0. The van der Waals surface area contributed by atoms with Gasteiger partial charge in [0.05, 0.1) is 6.26 Å². The van der Waals surface area contributed by atoms with Crippen molar-refractivity contribution in [2.24, 2.45) is 10.9 Å². The van der Waals surface area contributed by atoms with Gasteiger partial charge in [0.1, 0.15) is 0 Å². The van der Waals surface area contributed by atoms with E-state index in [1.54, 1.807) is 12.1 Å². The topological polar surface area (TPSA) is 71.8 Å². The average molecular weight is 126 g/mol. The summed E-state index contributed by atoms with van der Waals surface area (Å²) in [6, 6.07) is 3.27. The van der Waals surface area contributed by atoms with Gasteiger partial charge in [0.15, 0.2) is 5.76 Å². The molecule has 0 fully saturated rings. The molecule has 1 aromatic heterocycles. The molecule has 0 aliphatic carbocycles. The Hall–Kier alpha value is -1.45. The molecular weight excluding hydrogens is 120 g/mol. The molecule has 0 amide bonds. The van der Waals surface area contributed by atoms with Gasteiger partial charge in [-0.2, -0.15) is 0 Å². The molecule has 1 aromatic rings. The van der Waals surface area contributed by atoms with Crippen molar-refractivity contribution in [1.29, 1.82) is 0 Å². The molecule has 3 N–H and O–H groups in total. The molecule has 0 radical (unpaired) electrons. The maximum absolute atomic E-state index is 8.11. The van der Waals surface area contributed by atoms with Crippen LogP contribution in [0.5, 0.6) is 0 Å². The second-order valence-electron chi connectivity index (χ2n) is 1.46. The summed E-state index contributed by atoms with van der Waals surface area (Å²) in [6.07, 6.45) is 1.45. The molecule has 1 heterocycles. The SMILES string of the molecule is N/C(=N/O)c1ccco1. The van der Waals surface area contributed by atoms with Crippen molar-refractivity contribution in [2.45, 2.75) is 0 Å². The molecule has 4 heteroatoms. The molecule has 0 aromatic carbocycles. The predicted molar refractivity (Wildman–Crippen MR) is 31.2 cm³/mol. The van der Waals surface area contributed by atoms with E-state index in [-0.39, 0.29) is 5.84 Å². The Labute approximate surface area is 51.6 Å². The highest BCUT2D eigenvalue weighted by Crippen LogP contribution is 1.97. The van der Waals surface area contributed by atoms with Crippen molar-refractivity contribution in [3.8, 4) is 0 Å². The lowest BCUT2D eigenvalue weighted by atomic mass is 10.4. The molecule has 1 rings (SSSR count). The second kappa shape index (κ2) is 2.21. The van der Waals surface area contributed by atoms with E-state index in [1.807, 2.05) is 0 Å². The summed E-state index contributed by atoms with van der Waals surface area (Å²) in [5.41, 5.74) is 5.14. The zero-order chi connectivity index (χ0) is 6.69. The van der Waals surface area contributed by atoms with Gasteiger partial charge in [0, 0.05) is 0 Å². The van der Waals surface area contributed by atoms with Crippen LogP contribution < -0.4 is 5.73 Å². The van der Waals surface area contributed by atoms with E-state index >= 15 is 0 Å². The Morgan fingerprint density at radius 3 is 3.00 bits per heavy atom. The van der Waals surface area contributed by atoms with E-state index in [4.69, 9.17) is 15.4 Å². The Morgan fingerprint density at radius 1 is 1.78 bits per heavy atom. The molecule has 9 heavy (non-hydrogen) atoms. The minimum Gasteiger partial charge on any atom is -0.461 e. The minimum atomic E-state index is -0.0139. The number of nitrogens with zero attached hydrogens (tertiary/aromatic N) is 1. The van der Waals surface area contributed by atoms with Crippen LogP contribution in [-0.4, -0.2) is 11.0 Å². The maximum Gasteiger partial charge on any atom is 0.205 e. The van der Waals surface area contributed by atoms with Crippen LogP contribution in [0, 0.1) is 0 Å². The van der Waals surface area contributed by atoms with Crippen molar-refractivity contribution in [3.63, 3.8) is 0 Å². The third-order valence-electron chi connectivity index (χ3n) is 0.881. The van der Waals surface area contributed by atoms with E-state index < -0.39 is 0 Å².